The number of nitrogens with zero attached hydrogens (tertiary/aromatic N) is 2. The van der Waals surface area contributed by atoms with Gasteiger partial charge in [-0.1, -0.05) is 17.7 Å². The molecule has 1 N–H and O–H groups in total. The lowest BCUT2D eigenvalue weighted by molar-refractivity contribution is -0.123. The van der Waals surface area contributed by atoms with Gasteiger partial charge < -0.3 is 4.74 Å². The van der Waals surface area contributed by atoms with Crippen LogP contribution < -0.4 is 10.2 Å². The van der Waals surface area contributed by atoms with Crippen molar-refractivity contribution in [3.8, 4) is 5.75 Å². The number of rotatable bonds is 5. The summed E-state index contributed by atoms with van der Waals surface area (Å²) >= 11 is 5.86. The zero-order valence-electron chi connectivity index (χ0n) is 12.3. The Bertz CT molecular complexity index is 687. The molecule has 0 saturated heterocycles. The third kappa shape index (κ3) is 4.56. The molecular formula is C16H16ClN3O2. The van der Waals surface area contributed by atoms with Gasteiger partial charge in [-0.3, -0.25) is 9.78 Å². The van der Waals surface area contributed by atoms with E-state index in [0.717, 1.165) is 5.56 Å². The normalized spacial score (nSPS) is 11.1. The highest BCUT2D eigenvalue weighted by atomic mass is 35.5. The average Bonchev–Trinajstić information content (AvgIpc) is 2.52. The van der Waals surface area contributed by atoms with Gasteiger partial charge in [0.2, 0.25) is 0 Å². The van der Waals surface area contributed by atoms with Gasteiger partial charge in [0.1, 0.15) is 5.75 Å². The molecule has 1 aromatic carbocycles. The standard InChI is InChI=1S/C16H16ClN3O2/c1-11-9-13(17)6-7-15(11)22-10-16(21)20-19-12(2)14-5-3-4-8-18-14/h3-9H,10H2,1-2H3,(H,20,21). The van der Waals surface area contributed by atoms with E-state index >= 15 is 0 Å². The van der Waals surface area contributed by atoms with Crippen molar-refractivity contribution in [2.45, 2.75) is 13.8 Å². The maximum Gasteiger partial charge on any atom is 0.277 e. The lowest BCUT2D eigenvalue weighted by Gasteiger charge is -2.08. The van der Waals surface area contributed by atoms with E-state index in [2.05, 4.69) is 15.5 Å². The molecule has 0 spiro atoms. The number of hydrogen-bond donors (Lipinski definition) is 1. The SMILES string of the molecule is CC(=NNC(=O)COc1ccc(Cl)cc1C)c1ccccn1. The van der Waals surface area contributed by atoms with Crippen molar-refractivity contribution in [2.75, 3.05) is 6.61 Å². The zero-order chi connectivity index (χ0) is 15.9. The molecule has 0 aliphatic heterocycles. The molecule has 6 heteroatoms. The van der Waals surface area contributed by atoms with Crippen LogP contribution >= 0.6 is 11.6 Å². The Morgan fingerprint density at radius 2 is 2.18 bits per heavy atom. The molecule has 1 amide bonds. The Balaban J connectivity index is 1.88. The van der Waals surface area contributed by atoms with Crippen molar-refractivity contribution < 1.29 is 9.53 Å². The molecule has 0 unspecified atom stereocenters. The van der Waals surface area contributed by atoms with E-state index in [4.69, 9.17) is 16.3 Å². The number of hydrazone groups is 1. The average molecular weight is 318 g/mol. The predicted molar refractivity (Wildman–Crippen MR) is 86.3 cm³/mol. The lowest BCUT2D eigenvalue weighted by Crippen LogP contribution is -2.25. The summed E-state index contributed by atoms with van der Waals surface area (Å²) in [5.41, 5.74) is 4.64. The Morgan fingerprint density at radius 3 is 2.86 bits per heavy atom. The van der Waals surface area contributed by atoms with Crippen LogP contribution in [0, 0.1) is 6.92 Å². The number of halogens is 1. The molecule has 0 aliphatic rings. The van der Waals surface area contributed by atoms with Crippen molar-refractivity contribution in [3.63, 3.8) is 0 Å². The number of amides is 1. The number of carbonyl (C=O) groups excluding carboxylic acids is 1. The van der Waals surface area contributed by atoms with Crippen molar-refractivity contribution in [3.05, 3.63) is 58.9 Å². The monoisotopic (exact) mass is 317 g/mol. The van der Waals surface area contributed by atoms with Crippen molar-refractivity contribution in [1.29, 1.82) is 0 Å². The Morgan fingerprint density at radius 1 is 1.36 bits per heavy atom. The van der Waals surface area contributed by atoms with E-state index in [0.29, 0.717) is 22.2 Å². The minimum absolute atomic E-state index is 0.124. The number of benzene rings is 1. The Kier molecular flexibility index (Phi) is 5.49. The summed E-state index contributed by atoms with van der Waals surface area (Å²) < 4.78 is 5.44. The molecule has 0 saturated carbocycles. The van der Waals surface area contributed by atoms with Gasteiger partial charge in [0.15, 0.2) is 6.61 Å². The Labute approximate surface area is 134 Å². The van der Waals surface area contributed by atoms with Crippen LogP contribution in [0.5, 0.6) is 5.75 Å². The van der Waals surface area contributed by atoms with Gasteiger partial charge in [0.05, 0.1) is 11.4 Å². The maximum atomic E-state index is 11.7. The fourth-order valence-corrected chi connectivity index (χ4v) is 1.96. The van der Waals surface area contributed by atoms with E-state index < -0.39 is 0 Å². The number of hydrogen-bond acceptors (Lipinski definition) is 4. The number of nitrogens with one attached hydrogen (secondary N) is 1. The highest BCUT2D eigenvalue weighted by Crippen LogP contribution is 2.21. The van der Waals surface area contributed by atoms with E-state index in [1.54, 1.807) is 31.3 Å². The zero-order valence-corrected chi connectivity index (χ0v) is 13.1. The number of aromatic nitrogens is 1. The van der Waals surface area contributed by atoms with Gasteiger partial charge in [-0.15, -0.1) is 0 Å². The third-order valence-electron chi connectivity index (χ3n) is 2.88. The molecule has 1 aromatic heterocycles. The van der Waals surface area contributed by atoms with Gasteiger partial charge in [-0.25, -0.2) is 5.43 Å². The molecular weight excluding hydrogens is 302 g/mol. The molecule has 22 heavy (non-hydrogen) atoms. The number of ether oxygens (including phenoxy) is 1. The van der Waals surface area contributed by atoms with E-state index in [1.165, 1.54) is 0 Å². The molecule has 0 aliphatic carbocycles. The maximum absolute atomic E-state index is 11.7. The molecule has 5 nitrogen and oxygen atoms in total. The fourth-order valence-electron chi connectivity index (χ4n) is 1.73. The topological polar surface area (TPSA) is 63.6 Å². The summed E-state index contributed by atoms with van der Waals surface area (Å²) in [6, 6.07) is 10.7. The van der Waals surface area contributed by atoms with Crippen LogP contribution in [-0.4, -0.2) is 23.2 Å². The van der Waals surface area contributed by atoms with Crippen LogP contribution in [-0.2, 0) is 4.79 Å². The van der Waals surface area contributed by atoms with Crippen molar-refractivity contribution >= 4 is 23.2 Å². The quantitative estimate of drug-likeness (QED) is 0.681. The first kappa shape index (κ1) is 16.0. The summed E-state index contributed by atoms with van der Waals surface area (Å²) in [6.45, 7) is 3.51. The van der Waals surface area contributed by atoms with Crippen LogP contribution in [0.3, 0.4) is 0 Å². The highest BCUT2D eigenvalue weighted by molar-refractivity contribution is 6.30. The lowest BCUT2D eigenvalue weighted by atomic mass is 10.2. The molecule has 0 fully saturated rings. The molecule has 114 valence electrons. The van der Waals surface area contributed by atoms with Crippen LogP contribution in [0.4, 0.5) is 0 Å². The van der Waals surface area contributed by atoms with Crippen LogP contribution in [0.2, 0.25) is 5.02 Å². The summed E-state index contributed by atoms with van der Waals surface area (Å²) in [4.78, 5) is 15.9. The van der Waals surface area contributed by atoms with Crippen LogP contribution in [0.15, 0.2) is 47.7 Å². The van der Waals surface area contributed by atoms with Gasteiger partial charge in [-0.05, 0) is 49.7 Å². The summed E-state index contributed by atoms with van der Waals surface area (Å²) in [5, 5.41) is 4.63. The molecule has 1 heterocycles. The first-order valence-corrected chi connectivity index (χ1v) is 7.07. The second-order valence-electron chi connectivity index (χ2n) is 4.65. The Hall–Kier alpha value is -2.40. The van der Waals surface area contributed by atoms with Gasteiger partial charge in [0.25, 0.3) is 5.91 Å². The molecule has 2 rings (SSSR count). The number of pyridine rings is 1. The number of carbonyl (C=O) groups is 1. The summed E-state index contributed by atoms with van der Waals surface area (Å²) in [5.74, 6) is 0.273. The fraction of sp³-hybridized carbons (Fsp3) is 0.188. The molecule has 0 atom stereocenters. The first-order valence-electron chi connectivity index (χ1n) is 6.70. The third-order valence-corrected chi connectivity index (χ3v) is 3.11. The smallest absolute Gasteiger partial charge is 0.277 e. The summed E-state index contributed by atoms with van der Waals surface area (Å²) in [6.07, 6.45) is 1.67. The number of aryl methyl sites for hydroxylation is 1. The minimum atomic E-state index is -0.343. The molecule has 0 bridgehead atoms. The van der Waals surface area contributed by atoms with Crippen LogP contribution in [0.1, 0.15) is 18.2 Å². The molecule has 0 radical (unpaired) electrons. The van der Waals surface area contributed by atoms with Gasteiger partial charge >= 0.3 is 0 Å². The predicted octanol–water partition coefficient (Wildman–Crippen LogP) is 2.96. The second-order valence-corrected chi connectivity index (χ2v) is 5.08. The summed E-state index contributed by atoms with van der Waals surface area (Å²) in [7, 11) is 0. The highest BCUT2D eigenvalue weighted by Gasteiger charge is 2.05. The van der Waals surface area contributed by atoms with Crippen molar-refractivity contribution in [2.24, 2.45) is 5.10 Å². The largest absolute Gasteiger partial charge is 0.483 e. The minimum Gasteiger partial charge on any atom is -0.483 e. The van der Waals surface area contributed by atoms with E-state index in [-0.39, 0.29) is 12.5 Å². The first-order chi connectivity index (χ1) is 10.6. The second kappa shape index (κ2) is 7.56. The van der Waals surface area contributed by atoms with Gasteiger partial charge in [-0.2, -0.15) is 5.10 Å². The van der Waals surface area contributed by atoms with E-state index in [1.807, 2.05) is 25.1 Å². The van der Waals surface area contributed by atoms with E-state index in [9.17, 15) is 4.79 Å². The van der Waals surface area contributed by atoms with Gasteiger partial charge in [0, 0.05) is 11.2 Å². The van der Waals surface area contributed by atoms with Crippen molar-refractivity contribution in [1.82, 2.24) is 10.4 Å². The van der Waals surface area contributed by atoms with Crippen LogP contribution in [0.25, 0.3) is 0 Å². The molecule has 2 aromatic rings.